The van der Waals surface area contributed by atoms with Crippen LogP contribution >= 0.6 is 28.1 Å². The summed E-state index contributed by atoms with van der Waals surface area (Å²) in [5.74, 6) is -0.187. The van der Waals surface area contributed by atoms with Gasteiger partial charge in [-0.3, -0.25) is 0 Å². The Morgan fingerprint density at radius 2 is 1.84 bits per heavy atom. The Balaban J connectivity index is 1.66. The Bertz CT molecular complexity index is 755. The summed E-state index contributed by atoms with van der Waals surface area (Å²) in [5, 5.41) is 7.25. The summed E-state index contributed by atoms with van der Waals surface area (Å²) in [5.41, 5.74) is 3.36. The van der Waals surface area contributed by atoms with Crippen LogP contribution in [0.15, 0.2) is 46.9 Å². The van der Waals surface area contributed by atoms with Crippen molar-refractivity contribution in [3.8, 4) is 0 Å². The van der Waals surface area contributed by atoms with Gasteiger partial charge in [-0.1, -0.05) is 40.9 Å². The molecule has 5 heteroatoms. The zero-order valence-corrected chi connectivity index (χ0v) is 16.6. The van der Waals surface area contributed by atoms with Gasteiger partial charge in [0.1, 0.15) is 5.82 Å². The normalized spacial score (nSPS) is 15.8. The van der Waals surface area contributed by atoms with Gasteiger partial charge in [-0.05, 0) is 73.4 Å². The van der Waals surface area contributed by atoms with Crippen LogP contribution in [0.3, 0.4) is 0 Å². The maximum atomic E-state index is 13.3. The van der Waals surface area contributed by atoms with Gasteiger partial charge in [-0.25, -0.2) is 4.39 Å². The van der Waals surface area contributed by atoms with Crippen molar-refractivity contribution in [2.45, 2.75) is 38.0 Å². The third-order valence-electron chi connectivity index (χ3n) is 5.02. The first-order valence-corrected chi connectivity index (χ1v) is 9.76. The van der Waals surface area contributed by atoms with Crippen LogP contribution in [-0.2, 0) is 5.41 Å². The average molecular weight is 421 g/mol. The standard InChI is InChI=1S/C20H22BrFN2S/c1-14-12-17(8-9-18(14)21)24-19(25)23-13-20(10-2-3-11-20)15-4-6-16(22)7-5-15/h4-9,12H,2-3,10-11,13H2,1H3,(H2,23,24,25). The lowest BCUT2D eigenvalue weighted by Crippen LogP contribution is -2.40. The van der Waals surface area contributed by atoms with Gasteiger partial charge in [0.25, 0.3) is 0 Å². The van der Waals surface area contributed by atoms with E-state index in [2.05, 4.69) is 32.6 Å². The number of benzene rings is 2. The second kappa shape index (κ2) is 7.83. The smallest absolute Gasteiger partial charge is 0.170 e. The van der Waals surface area contributed by atoms with Crippen LogP contribution in [0.4, 0.5) is 10.1 Å². The number of halogens is 2. The van der Waals surface area contributed by atoms with Crippen molar-refractivity contribution in [1.82, 2.24) is 5.32 Å². The van der Waals surface area contributed by atoms with Gasteiger partial charge in [-0.2, -0.15) is 0 Å². The Kier molecular flexibility index (Phi) is 5.74. The first-order chi connectivity index (χ1) is 12.0. The summed E-state index contributed by atoms with van der Waals surface area (Å²) in [6.45, 7) is 2.81. The predicted octanol–water partition coefficient (Wildman–Crippen LogP) is 5.70. The maximum Gasteiger partial charge on any atom is 0.170 e. The van der Waals surface area contributed by atoms with Gasteiger partial charge in [0, 0.05) is 22.1 Å². The number of rotatable bonds is 4. The molecule has 1 aliphatic rings. The first-order valence-electron chi connectivity index (χ1n) is 8.56. The van der Waals surface area contributed by atoms with Crippen molar-refractivity contribution in [2.75, 3.05) is 11.9 Å². The van der Waals surface area contributed by atoms with Gasteiger partial charge in [0.05, 0.1) is 0 Å². The minimum absolute atomic E-state index is 0.0368. The van der Waals surface area contributed by atoms with E-state index >= 15 is 0 Å². The third kappa shape index (κ3) is 4.39. The lowest BCUT2D eigenvalue weighted by molar-refractivity contribution is 0.434. The molecule has 0 amide bonds. The molecule has 0 bridgehead atoms. The Morgan fingerprint density at radius 3 is 2.48 bits per heavy atom. The Morgan fingerprint density at radius 1 is 1.16 bits per heavy atom. The van der Waals surface area contributed by atoms with E-state index in [1.165, 1.54) is 18.4 Å². The fourth-order valence-electron chi connectivity index (χ4n) is 3.57. The second-order valence-electron chi connectivity index (χ2n) is 6.77. The summed E-state index contributed by atoms with van der Waals surface area (Å²) >= 11 is 8.98. The molecule has 1 saturated carbocycles. The molecule has 3 rings (SSSR count). The zero-order valence-electron chi connectivity index (χ0n) is 14.2. The van der Waals surface area contributed by atoms with Crippen LogP contribution in [0.1, 0.15) is 36.8 Å². The summed E-state index contributed by atoms with van der Waals surface area (Å²) in [6.07, 6.45) is 4.60. The van der Waals surface area contributed by atoms with Crippen molar-refractivity contribution in [1.29, 1.82) is 0 Å². The van der Waals surface area contributed by atoms with E-state index in [9.17, 15) is 4.39 Å². The maximum absolute atomic E-state index is 13.3. The van der Waals surface area contributed by atoms with Crippen LogP contribution in [0.5, 0.6) is 0 Å². The van der Waals surface area contributed by atoms with E-state index < -0.39 is 0 Å². The minimum Gasteiger partial charge on any atom is -0.362 e. The molecule has 2 nitrogen and oxygen atoms in total. The van der Waals surface area contributed by atoms with Crippen molar-refractivity contribution < 1.29 is 4.39 Å². The summed E-state index contributed by atoms with van der Waals surface area (Å²) in [4.78, 5) is 0. The van der Waals surface area contributed by atoms with Crippen LogP contribution in [0, 0.1) is 12.7 Å². The molecule has 2 aromatic rings. The molecule has 0 atom stereocenters. The monoisotopic (exact) mass is 420 g/mol. The molecule has 0 spiro atoms. The van der Waals surface area contributed by atoms with Crippen molar-refractivity contribution in [2.24, 2.45) is 0 Å². The molecule has 2 N–H and O–H groups in total. The number of nitrogens with one attached hydrogen (secondary N) is 2. The number of thiocarbonyl (C=S) groups is 1. The van der Waals surface area contributed by atoms with Gasteiger partial charge < -0.3 is 10.6 Å². The molecule has 1 fully saturated rings. The number of aryl methyl sites for hydroxylation is 1. The van der Waals surface area contributed by atoms with Gasteiger partial charge in [0.15, 0.2) is 5.11 Å². The fourth-order valence-corrected chi connectivity index (χ4v) is 4.01. The molecule has 0 unspecified atom stereocenters. The van der Waals surface area contributed by atoms with E-state index in [0.717, 1.165) is 35.1 Å². The van der Waals surface area contributed by atoms with E-state index in [1.807, 2.05) is 31.2 Å². The SMILES string of the molecule is Cc1cc(NC(=S)NCC2(c3ccc(F)cc3)CCCC2)ccc1Br. The second-order valence-corrected chi connectivity index (χ2v) is 8.03. The lowest BCUT2D eigenvalue weighted by Gasteiger charge is -2.30. The third-order valence-corrected chi connectivity index (χ3v) is 6.16. The molecule has 0 saturated heterocycles. The van der Waals surface area contributed by atoms with Gasteiger partial charge in [-0.15, -0.1) is 0 Å². The number of hydrogen-bond donors (Lipinski definition) is 2. The van der Waals surface area contributed by atoms with Crippen LogP contribution in [-0.4, -0.2) is 11.7 Å². The summed E-state index contributed by atoms with van der Waals surface area (Å²) in [7, 11) is 0. The number of anilines is 1. The molecular weight excluding hydrogens is 399 g/mol. The average Bonchev–Trinajstić information content (AvgIpc) is 3.07. The Labute approximate surface area is 162 Å². The van der Waals surface area contributed by atoms with Gasteiger partial charge in [0.2, 0.25) is 0 Å². The van der Waals surface area contributed by atoms with Crippen LogP contribution in [0.25, 0.3) is 0 Å². The highest BCUT2D eigenvalue weighted by Crippen LogP contribution is 2.40. The first kappa shape index (κ1) is 18.3. The van der Waals surface area contributed by atoms with Crippen LogP contribution < -0.4 is 10.6 Å². The van der Waals surface area contributed by atoms with Crippen molar-refractivity contribution in [3.05, 3.63) is 63.9 Å². The molecule has 0 heterocycles. The molecule has 0 aliphatic heterocycles. The highest BCUT2D eigenvalue weighted by atomic mass is 79.9. The molecular formula is C20H22BrFN2S. The van der Waals surface area contributed by atoms with E-state index in [1.54, 1.807) is 12.1 Å². The predicted molar refractivity (Wildman–Crippen MR) is 110 cm³/mol. The molecule has 2 aromatic carbocycles. The highest BCUT2D eigenvalue weighted by molar-refractivity contribution is 9.10. The quantitative estimate of drug-likeness (QED) is 0.620. The molecule has 0 radical (unpaired) electrons. The van der Waals surface area contributed by atoms with E-state index in [-0.39, 0.29) is 11.2 Å². The van der Waals surface area contributed by atoms with Crippen molar-refractivity contribution in [3.63, 3.8) is 0 Å². The molecule has 25 heavy (non-hydrogen) atoms. The minimum atomic E-state index is -0.187. The topological polar surface area (TPSA) is 24.1 Å². The number of hydrogen-bond acceptors (Lipinski definition) is 1. The molecule has 1 aliphatic carbocycles. The molecule has 132 valence electrons. The molecule has 0 aromatic heterocycles. The van der Waals surface area contributed by atoms with Crippen molar-refractivity contribution >= 4 is 38.9 Å². The lowest BCUT2D eigenvalue weighted by atomic mass is 9.79. The van der Waals surface area contributed by atoms with Crippen LogP contribution in [0.2, 0.25) is 0 Å². The van der Waals surface area contributed by atoms with E-state index in [0.29, 0.717) is 5.11 Å². The fraction of sp³-hybridized carbons (Fsp3) is 0.350. The highest BCUT2D eigenvalue weighted by Gasteiger charge is 2.35. The van der Waals surface area contributed by atoms with Gasteiger partial charge >= 0.3 is 0 Å². The van der Waals surface area contributed by atoms with E-state index in [4.69, 9.17) is 12.2 Å². The largest absolute Gasteiger partial charge is 0.362 e. The summed E-state index contributed by atoms with van der Waals surface area (Å²) in [6, 6.07) is 13.0. The summed E-state index contributed by atoms with van der Waals surface area (Å²) < 4.78 is 14.3. The zero-order chi connectivity index (χ0) is 17.9. The Hall–Kier alpha value is -1.46.